The van der Waals surface area contributed by atoms with Crippen molar-refractivity contribution in [1.29, 1.82) is 0 Å². The maximum absolute atomic E-state index is 12.6. The van der Waals surface area contributed by atoms with E-state index < -0.39 is 18.0 Å². The first-order chi connectivity index (χ1) is 13.5. The van der Waals surface area contributed by atoms with E-state index in [0.717, 1.165) is 17.7 Å². The van der Waals surface area contributed by atoms with E-state index in [-0.39, 0.29) is 12.5 Å². The highest BCUT2D eigenvalue weighted by atomic mass is 16.5. The number of anilines is 1. The molecule has 2 amide bonds. The smallest absolute Gasteiger partial charge is 0.326 e. The van der Waals surface area contributed by atoms with Crippen LogP contribution in [0, 0.1) is 0 Å². The SMILES string of the molecule is COc1cccc(C(=O)NCC(=O)O[C@@H](C)C(=O)N2CCc3ccccc32)c1. The minimum Gasteiger partial charge on any atom is -0.497 e. The minimum atomic E-state index is -0.938. The topological polar surface area (TPSA) is 84.9 Å². The minimum absolute atomic E-state index is 0.280. The van der Waals surface area contributed by atoms with Gasteiger partial charge in [-0.15, -0.1) is 0 Å². The van der Waals surface area contributed by atoms with E-state index in [1.165, 1.54) is 14.0 Å². The number of carbonyl (C=O) groups is 3. The Labute approximate surface area is 163 Å². The number of nitrogens with zero attached hydrogens (tertiary/aromatic N) is 1. The molecule has 0 aliphatic carbocycles. The molecule has 0 radical (unpaired) electrons. The highest BCUT2D eigenvalue weighted by Crippen LogP contribution is 2.28. The zero-order valence-electron chi connectivity index (χ0n) is 15.8. The summed E-state index contributed by atoms with van der Waals surface area (Å²) in [6.07, 6.45) is -0.161. The molecule has 7 heteroatoms. The van der Waals surface area contributed by atoms with Gasteiger partial charge in [-0.1, -0.05) is 24.3 Å². The molecule has 0 saturated heterocycles. The molecule has 0 unspecified atom stereocenters. The molecule has 2 aromatic carbocycles. The summed E-state index contributed by atoms with van der Waals surface area (Å²) in [6.45, 7) is 1.77. The first-order valence-corrected chi connectivity index (χ1v) is 9.00. The number of rotatable bonds is 6. The first kappa shape index (κ1) is 19.4. The van der Waals surface area contributed by atoms with Crippen LogP contribution in [0.15, 0.2) is 48.5 Å². The number of ether oxygens (including phenoxy) is 2. The van der Waals surface area contributed by atoms with Crippen LogP contribution in [0.25, 0.3) is 0 Å². The molecule has 28 heavy (non-hydrogen) atoms. The Bertz CT molecular complexity index is 896. The second kappa shape index (κ2) is 8.56. The summed E-state index contributed by atoms with van der Waals surface area (Å²) in [5, 5.41) is 2.49. The van der Waals surface area contributed by atoms with Gasteiger partial charge in [-0.25, -0.2) is 0 Å². The average molecular weight is 382 g/mol. The Morgan fingerprint density at radius 1 is 1.14 bits per heavy atom. The highest BCUT2D eigenvalue weighted by molar-refractivity contribution is 5.99. The van der Waals surface area contributed by atoms with Crippen molar-refractivity contribution in [2.75, 3.05) is 25.1 Å². The Morgan fingerprint density at radius 3 is 2.71 bits per heavy atom. The Balaban J connectivity index is 1.52. The number of benzene rings is 2. The first-order valence-electron chi connectivity index (χ1n) is 9.00. The molecule has 1 heterocycles. The summed E-state index contributed by atoms with van der Waals surface area (Å²) < 4.78 is 10.3. The number of hydrogen-bond acceptors (Lipinski definition) is 5. The largest absolute Gasteiger partial charge is 0.497 e. The van der Waals surface area contributed by atoms with Gasteiger partial charge in [0, 0.05) is 17.8 Å². The zero-order valence-corrected chi connectivity index (χ0v) is 15.8. The van der Waals surface area contributed by atoms with Crippen LogP contribution in [0.4, 0.5) is 5.69 Å². The molecule has 146 valence electrons. The Hall–Kier alpha value is -3.35. The fraction of sp³-hybridized carbons (Fsp3) is 0.286. The van der Waals surface area contributed by atoms with Crippen LogP contribution in [0.3, 0.4) is 0 Å². The summed E-state index contributed by atoms with van der Waals surface area (Å²) in [5.74, 6) is -0.842. The van der Waals surface area contributed by atoms with E-state index in [2.05, 4.69) is 5.32 Å². The lowest BCUT2D eigenvalue weighted by Crippen LogP contribution is -2.41. The van der Waals surface area contributed by atoms with E-state index in [0.29, 0.717) is 17.9 Å². The van der Waals surface area contributed by atoms with Gasteiger partial charge in [0.1, 0.15) is 12.3 Å². The number of carbonyl (C=O) groups excluding carboxylic acids is 3. The molecule has 2 aromatic rings. The van der Waals surface area contributed by atoms with Crippen molar-refractivity contribution in [3.05, 3.63) is 59.7 Å². The third-order valence-corrected chi connectivity index (χ3v) is 4.53. The van der Waals surface area contributed by atoms with Gasteiger partial charge < -0.3 is 19.7 Å². The van der Waals surface area contributed by atoms with Gasteiger partial charge in [0.25, 0.3) is 11.8 Å². The summed E-state index contributed by atoms with van der Waals surface area (Å²) >= 11 is 0. The molecule has 1 aliphatic rings. The van der Waals surface area contributed by atoms with Crippen LogP contribution in [-0.2, 0) is 20.7 Å². The van der Waals surface area contributed by atoms with E-state index >= 15 is 0 Å². The molecule has 0 saturated carbocycles. The predicted molar refractivity (Wildman–Crippen MR) is 103 cm³/mol. The molecule has 0 aromatic heterocycles. The van der Waals surface area contributed by atoms with Gasteiger partial charge in [-0.05, 0) is 43.2 Å². The van der Waals surface area contributed by atoms with Crippen LogP contribution in [0.1, 0.15) is 22.8 Å². The standard InChI is InChI=1S/C21H22N2O5/c1-14(21(26)23-11-10-15-6-3-4-9-18(15)23)28-19(24)13-22-20(25)16-7-5-8-17(12-16)27-2/h3-9,12,14H,10-11,13H2,1-2H3,(H,22,25)/t14-/m0/s1. The molecule has 0 spiro atoms. The normalized spacial score (nSPS) is 13.4. The van der Waals surface area contributed by atoms with Gasteiger partial charge >= 0.3 is 5.97 Å². The number of para-hydroxylation sites is 1. The monoisotopic (exact) mass is 382 g/mol. The summed E-state index contributed by atoms with van der Waals surface area (Å²) in [7, 11) is 1.51. The van der Waals surface area contributed by atoms with E-state index in [1.807, 2.05) is 24.3 Å². The molecule has 1 N–H and O–H groups in total. The van der Waals surface area contributed by atoms with Crippen LogP contribution in [0.5, 0.6) is 5.75 Å². The zero-order chi connectivity index (χ0) is 20.1. The Morgan fingerprint density at radius 2 is 1.93 bits per heavy atom. The molecular formula is C21H22N2O5. The van der Waals surface area contributed by atoms with E-state index in [1.54, 1.807) is 29.2 Å². The second-order valence-electron chi connectivity index (χ2n) is 6.42. The molecule has 1 aliphatic heterocycles. The third-order valence-electron chi connectivity index (χ3n) is 4.53. The van der Waals surface area contributed by atoms with Crippen LogP contribution in [0.2, 0.25) is 0 Å². The van der Waals surface area contributed by atoms with Crippen molar-refractivity contribution < 1.29 is 23.9 Å². The summed E-state index contributed by atoms with van der Waals surface area (Å²) in [5.41, 5.74) is 2.31. The van der Waals surface area contributed by atoms with Gasteiger partial charge in [-0.2, -0.15) is 0 Å². The van der Waals surface area contributed by atoms with Gasteiger partial charge in [0.2, 0.25) is 0 Å². The lowest BCUT2D eigenvalue weighted by atomic mass is 10.2. The summed E-state index contributed by atoms with van der Waals surface area (Å²) in [6, 6.07) is 14.2. The van der Waals surface area contributed by atoms with Gasteiger partial charge in [0.05, 0.1) is 7.11 Å². The maximum Gasteiger partial charge on any atom is 0.326 e. The fourth-order valence-corrected chi connectivity index (χ4v) is 3.09. The second-order valence-corrected chi connectivity index (χ2v) is 6.42. The average Bonchev–Trinajstić information content (AvgIpc) is 3.15. The van der Waals surface area contributed by atoms with Gasteiger partial charge in [0.15, 0.2) is 6.10 Å². The van der Waals surface area contributed by atoms with Crippen molar-refractivity contribution in [2.45, 2.75) is 19.4 Å². The predicted octanol–water partition coefficient (Wildman–Crippen LogP) is 1.95. The third kappa shape index (κ3) is 4.31. The Kier molecular flexibility index (Phi) is 5.93. The molecule has 1 atom stereocenters. The molecular weight excluding hydrogens is 360 g/mol. The van der Waals surface area contributed by atoms with Crippen molar-refractivity contribution >= 4 is 23.5 Å². The van der Waals surface area contributed by atoms with E-state index in [9.17, 15) is 14.4 Å². The van der Waals surface area contributed by atoms with Crippen molar-refractivity contribution in [3.63, 3.8) is 0 Å². The van der Waals surface area contributed by atoms with Crippen LogP contribution in [-0.4, -0.2) is 44.1 Å². The number of methoxy groups -OCH3 is 1. The molecule has 0 fully saturated rings. The molecule has 0 bridgehead atoms. The number of hydrogen-bond donors (Lipinski definition) is 1. The maximum atomic E-state index is 12.6. The fourth-order valence-electron chi connectivity index (χ4n) is 3.09. The van der Waals surface area contributed by atoms with Crippen LogP contribution < -0.4 is 15.0 Å². The van der Waals surface area contributed by atoms with Crippen LogP contribution >= 0.6 is 0 Å². The number of nitrogens with one attached hydrogen (secondary N) is 1. The van der Waals surface area contributed by atoms with Crippen molar-refractivity contribution in [2.24, 2.45) is 0 Å². The molecule has 7 nitrogen and oxygen atoms in total. The van der Waals surface area contributed by atoms with Crippen molar-refractivity contribution in [3.8, 4) is 5.75 Å². The van der Waals surface area contributed by atoms with Crippen molar-refractivity contribution in [1.82, 2.24) is 5.32 Å². The number of amides is 2. The number of esters is 1. The highest BCUT2D eigenvalue weighted by Gasteiger charge is 2.29. The van der Waals surface area contributed by atoms with Gasteiger partial charge in [-0.3, -0.25) is 14.4 Å². The lowest BCUT2D eigenvalue weighted by Gasteiger charge is -2.21. The number of fused-ring (bicyclic) bond motifs is 1. The lowest BCUT2D eigenvalue weighted by molar-refractivity contribution is -0.152. The summed E-state index contributed by atoms with van der Waals surface area (Å²) in [4.78, 5) is 38.4. The quantitative estimate of drug-likeness (QED) is 0.772. The molecule has 3 rings (SSSR count). The van der Waals surface area contributed by atoms with E-state index in [4.69, 9.17) is 9.47 Å².